The molecule has 0 aliphatic carbocycles. The van der Waals surface area contributed by atoms with Gasteiger partial charge in [-0.25, -0.2) is 0 Å². The van der Waals surface area contributed by atoms with Crippen molar-refractivity contribution in [3.05, 3.63) is 24.3 Å². The summed E-state index contributed by atoms with van der Waals surface area (Å²) in [4.78, 5) is 13.4. The lowest BCUT2D eigenvalue weighted by atomic mass is 10.0. The molecule has 1 saturated heterocycles. The van der Waals surface area contributed by atoms with E-state index < -0.39 is 0 Å². The summed E-state index contributed by atoms with van der Waals surface area (Å²) < 4.78 is 0. The average molecular weight is 219 g/mol. The number of anilines is 2. The molecule has 0 saturated carbocycles. The van der Waals surface area contributed by atoms with Gasteiger partial charge in [-0.15, -0.1) is 0 Å². The third-order valence-corrected chi connectivity index (χ3v) is 3.06. The minimum atomic E-state index is -0.239. The maximum absolute atomic E-state index is 11.4. The first kappa shape index (κ1) is 10.8. The maximum atomic E-state index is 11.4. The molecule has 1 aromatic carbocycles. The van der Waals surface area contributed by atoms with Gasteiger partial charge in [0.1, 0.15) is 6.04 Å². The van der Waals surface area contributed by atoms with E-state index in [1.807, 2.05) is 24.3 Å². The van der Waals surface area contributed by atoms with Crippen molar-refractivity contribution in [3.8, 4) is 0 Å². The summed E-state index contributed by atoms with van der Waals surface area (Å²) in [7, 11) is 0. The van der Waals surface area contributed by atoms with Crippen LogP contribution in [0.2, 0.25) is 0 Å². The second-order valence-electron chi connectivity index (χ2n) is 4.20. The zero-order valence-corrected chi connectivity index (χ0v) is 9.23. The number of hydrogen-bond donors (Lipinski definition) is 2. The fourth-order valence-corrected chi connectivity index (χ4v) is 2.20. The number of carbonyl (C=O) groups excluding carboxylic acids is 1. The molecule has 4 N–H and O–H groups in total. The first-order valence-corrected chi connectivity index (χ1v) is 5.60. The minimum Gasteiger partial charge on any atom is -0.399 e. The van der Waals surface area contributed by atoms with Crippen LogP contribution >= 0.6 is 0 Å². The smallest absolute Gasteiger partial charge is 0.240 e. The normalized spacial score (nSPS) is 20.8. The van der Waals surface area contributed by atoms with Crippen LogP contribution in [0.15, 0.2) is 24.3 Å². The number of nitrogens with two attached hydrogens (primary N) is 2. The highest BCUT2D eigenvalue weighted by molar-refractivity contribution is 5.84. The summed E-state index contributed by atoms with van der Waals surface area (Å²) in [6.07, 6.45) is 3.02. The molecule has 4 nitrogen and oxygen atoms in total. The highest BCUT2D eigenvalue weighted by atomic mass is 16.1. The molecule has 1 aliphatic rings. The molecule has 1 heterocycles. The van der Waals surface area contributed by atoms with Gasteiger partial charge in [0.05, 0.1) is 0 Å². The number of nitrogen functional groups attached to an aromatic ring is 1. The molecule has 1 fully saturated rings. The SMILES string of the molecule is NC(=O)C1CCCCN1c1ccc(N)cc1. The Balaban J connectivity index is 2.23. The number of hydrogen-bond acceptors (Lipinski definition) is 3. The summed E-state index contributed by atoms with van der Waals surface area (Å²) in [5.74, 6) is -0.239. The van der Waals surface area contributed by atoms with E-state index in [-0.39, 0.29) is 11.9 Å². The van der Waals surface area contributed by atoms with Crippen LogP contribution in [0.4, 0.5) is 11.4 Å². The van der Waals surface area contributed by atoms with E-state index in [0.29, 0.717) is 0 Å². The lowest BCUT2D eigenvalue weighted by molar-refractivity contribution is -0.119. The van der Waals surface area contributed by atoms with Crippen molar-refractivity contribution in [2.75, 3.05) is 17.2 Å². The van der Waals surface area contributed by atoms with Crippen LogP contribution < -0.4 is 16.4 Å². The molecular formula is C12H17N3O. The van der Waals surface area contributed by atoms with Gasteiger partial charge in [-0.1, -0.05) is 0 Å². The molecule has 1 amide bonds. The fourth-order valence-electron chi connectivity index (χ4n) is 2.20. The van der Waals surface area contributed by atoms with Crippen molar-refractivity contribution in [2.45, 2.75) is 25.3 Å². The number of rotatable bonds is 2. The van der Waals surface area contributed by atoms with Crippen molar-refractivity contribution in [2.24, 2.45) is 5.73 Å². The van der Waals surface area contributed by atoms with Gasteiger partial charge in [0.2, 0.25) is 5.91 Å². The number of piperidine rings is 1. The monoisotopic (exact) mass is 219 g/mol. The van der Waals surface area contributed by atoms with Crippen molar-refractivity contribution in [3.63, 3.8) is 0 Å². The van der Waals surface area contributed by atoms with Crippen LogP contribution in [0.5, 0.6) is 0 Å². The molecule has 86 valence electrons. The Morgan fingerprint density at radius 2 is 1.94 bits per heavy atom. The van der Waals surface area contributed by atoms with E-state index in [2.05, 4.69) is 4.90 Å². The Kier molecular flexibility index (Phi) is 2.99. The predicted molar refractivity (Wildman–Crippen MR) is 65.0 cm³/mol. The molecule has 1 aliphatic heterocycles. The Bertz CT molecular complexity index is 374. The van der Waals surface area contributed by atoms with Crippen molar-refractivity contribution in [1.29, 1.82) is 0 Å². The van der Waals surface area contributed by atoms with E-state index in [0.717, 1.165) is 37.2 Å². The molecular weight excluding hydrogens is 202 g/mol. The van der Waals surface area contributed by atoms with Crippen LogP contribution in [-0.2, 0) is 4.79 Å². The van der Waals surface area contributed by atoms with Gasteiger partial charge in [-0.3, -0.25) is 4.79 Å². The number of primary amides is 1. The average Bonchev–Trinajstić information content (AvgIpc) is 2.30. The molecule has 0 aromatic heterocycles. The lowest BCUT2D eigenvalue weighted by Crippen LogP contribution is -2.47. The zero-order chi connectivity index (χ0) is 11.5. The first-order chi connectivity index (χ1) is 7.68. The second kappa shape index (κ2) is 4.43. The highest BCUT2D eigenvalue weighted by Gasteiger charge is 2.26. The summed E-state index contributed by atoms with van der Waals surface area (Å²) in [5.41, 5.74) is 12.8. The van der Waals surface area contributed by atoms with Gasteiger partial charge in [0, 0.05) is 17.9 Å². The van der Waals surface area contributed by atoms with Gasteiger partial charge in [0.25, 0.3) is 0 Å². The summed E-state index contributed by atoms with van der Waals surface area (Å²) in [6, 6.07) is 7.41. The summed E-state index contributed by atoms with van der Waals surface area (Å²) >= 11 is 0. The molecule has 1 unspecified atom stereocenters. The van der Waals surface area contributed by atoms with Crippen LogP contribution in [0, 0.1) is 0 Å². The van der Waals surface area contributed by atoms with Crippen molar-refractivity contribution in [1.82, 2.24) is 0 Å². The molecule has 1 atom stereocenters. The van der Waals surface area contributed by atoms with Crippen molar-refractivity contribution >= 4 is 17.3 Å². The Labute approximate surface area is 95.2 Å². The van der Waals surface area contributed by atoms with E-state index in [1.54, 1.807) is 0 Å². The van der Waals surface area contributed by atoms with Crippen molar-refractivity contribution < 1.29 is 4.79 Å². The number of nitrogens with zero attached hydrogens (tertiary/aromatic N) is 1. The molecule has 0 bridgehead atoms. The number of amides is 1. The largest absolute Gasteiger partial charge is 0.399 e. The summed E-state index contributed by atoms with van der Waals surface area (Å²) in [5, 5.41) is 0. The van der Waals surface area contributed by atoms with E-state index in [4.69, 9.17) is 11.5 Å². The molecule has 4 heteroatoms. The number of benzene rings is 1. The Morgan fingerprint density at radius 1 is 1.25 bits per heavy atom. The van der Waals surface area contributed by atoms with Crippen LogP contribution in [-0.4, -0.2) is 18.5 Å². The Hall–Kier alpha value is -1.71. The molecule has 1 aromatic rings. The van der Waals surface area contributed by atoms with Gasteiger partial charge in [-0.05, 0) is 43.5 Å². The topological polar surface area (TPSA) is 72.4 Å². The highest BCUT2D eigenvalue weighted by Crippen LogP contribution is 2.25. The quantitative estimate of drug-likeness (QED) is 0.732. The molecule has 0 radical (unpaired) electrons. The lowest BCUT2D eigenvalue weighted by Gasteiger charge is -2.35. The standard InChI is InChI=1S/C12H17N3O/c13-9-4-6-10(7-5-9)15-8-2-1-3-11(15)12(14)16/h4-7,11H,1-3,8,13H2,(H2,14,16). The van der Waals surface area contributed by atoms with Crippen LogP contribution in [0.3, 0.4) is 0 Å². The van der Waals surface area contributed by atoms with E-state index >= 15 is 0 Å². The summed E-state index contributed by atoms with van der Waals surface area (Å²) in [6.45, 7) is 0.886. The van der Waals surface area contributed by atoms with E-state index in [1.165, 1.54) is 0 Å². The molecule has 16 heavy (non-hydrogen) atoms. The van der Waals surface area contributed by atoms with Gasteiger partial charge >= 0.3 is 0 Å². The van der Waals surface area contributed by atoms with Gasteiger partial charge in [0.15, 0.2) is 0 Å². The van der Waals surface area contributed by atoms with Crippen LogP contribution in [0.25, 0.3) is 0 Å². The third kappa shape index (κ3) is 2.10. The van der Waals surface area contributed by atoms with E-state index in [9.17, 15) is 4.79 Å². The molecule has 2 rings (SSSR count). The minimum absolute atomic E-state index is 0.169. The molecule has 0 spiro atoms. The first-order valence-electron chi connectivity index (χ1n) is 5.60. The second-order valence-corrected chi connectivity index (χ2v) is 4.20. The van der Waals surface area contributed by atoms with Gasteiger partial charge < -0.3 is 16.4 Å². The maximum Gasteiger partial charge on any atom is 0.240 e. The predicted octanol–water partition coefficient (Wildman–Crippen LogP) is 1.11. The third-order valence-electron chi connectivity index (χ3n) is 3.06. The van der Waals surface area contributed by atoms with Gasteiger partial charge in [-0.2, -0.15) is 0 Å². The van der Waals surface area contributed by atoms with Crippen LogP contribution in [0.1, 0.15) is 19.3 Å². The number of carbonyl (C=O) groups is 1. The zero-order valence-electron chi connectivity index (χ0n) is 9.23. The fraction of sp³-hybridized carbons (Fsp3) is 0.417. The Morgan fingerprint density at radius 3 is 2.56 bits per heavy atom.